The molecule has 4 nitrogen and oxygen atoms in total. The lowest BCUT2D eigenvalue weighted by Gasteiger charge is -2.42. The van der Waals surface area contributed by atoms with E-state index in [0.29, 0.717) is 18.6 Å². The zero-order valence-electron chi connectivity index (χ0n) is 15.4. The Morgan fingerprint density at radius 1 is 1.16 bits per heavy atom. The Bertz CT molecular complexity index is 553. The quantitative estimate of drug-likeness (QED) is 0.861. The number of hydrogen-bond donors (Lipinski definition) is 1. The van der Waals surface area contributed by atoms with E-state index < -0.39 is 0 Å². The molecule has 0 radical (unpaired) electrons. The average Bonchev–Trinajstić information content (AvgIpc) is 2.69. The van der Waals surface area contributed by atoms with Crippen molar-refractivity contribution >= 4 is 6.08 Å². The van der Waals surface area contributed by atoms with Crippen molar-refractivity contribution in [1.29, 1.82) is 0 Å². The Labute approximate surface area is 152 Å². The van der Waals surface area contributed by atoms with E-state index in [4.69, 9.17) is 4.74 Å². The van der Waals surface area contributed by atoms with Crippen molar-refractivity contribution in [1.82, 2.24) is 9.80 Å². The maximum absolute atomic E-state index is 9.31. The highest BCUT2D eigenvalue weighted by atomic mass is 16.5. The number of hydrogen-bond acceptors (Lipinski definition) is 4. The molecule has 0 aliphatic carbocycles. The van der Waals surface area contributed by atoms with Crippen molar-refractivity contribution in [3.63, 3.8) is 0 Å². The van der Waals surface area contributed by atoms with E-state index in [9.17, 15) is 5.11 Å². The van der Waals surface area contributed by atoms with Gasteiger partial charge in [0.25, 0.3) is 0 Å². The van der Waals surface area contributed by atoms with Gasteiger partial charge < -0.3 is 9.84 Å². The first-order chi connectivity index (χ1) is 12.3. The molecule has 2 fully saturated rings. The number of likely N-dealkylation sites (tertiary alicyclic amines) is 2. The van der Waals surface area contributed by atoms with E-state index in [1.54, 1.807) is 7.11 Å². The fraction of sp³-hybridized carbons (Fsp3) is 0.619. The topological polar surface area (TPSA) is 35.9 Å². The minimum atomic E-state index is 0.359. The van der Waals surface area contributed by atoms with Crippen LogP contribution in [-0.4, -0.2) is 67.4 Å². The van der Waals surface area contributed by atoms with Crippen LogP contribution in [0.2, 0.25) is 0 Å². The Kier molecular flexibility index (Phi) is 6.91. The van der Waals surface area contributed by atoms with E-state index in [0.717, 1.165) is 43.8 Å². The molecule has 1 N–H and O–H groups in total. The molecule has 2 aliphatic heterocycles. The van der Waals surface area contributed by atoms with Gasteiger partial charge in [-0.1, -0.05) is 30.4 Å². The summed E-state index contributed by atoms with van der Waals surface area (Å²) in [5, 5.41) is 9.31. The number of rotatable bonds is 6. The molecule has 138 valence electrons. The molecule has 1 unspecified atom stereocenters. The summed E-state index contributed by atoms with van der Waals surface area (Å²) in [7, 11) is 1.72. The van der Waals surface area contributed by atoms with E-state index in [1.165, 1.54) is 25.9 Å². The monoisotopic (exact) mass is 344 g/mol. The molecule has 0 amide bonds. The van der Waals surface area contributed by atoms with Crippen molar-refractivity contribution in [2.75, 3.05) is 46.4 Å². The van der Waals surface area contributed by atoms with Crippen LogP contribution >= 0.6 is 0 Å². The number of ether oxygens (including phenoxy) is 1. The zero-order chi connectivity index (χ0) is 17.5. The van der Waals surface area contributed by atoms with Crippen molar-refractivity contribution in [3.8, 4) is 5.75 Å². The summed E-state index contributed by atoms with van der Waals surface area (Å²) in [6.45, 7) is 6.03. The molecule has 2 saturated heterocycles. The van der Waals surface area contributed by atoms with Crippen LogP contribution in [0, 0.1) is 5.92 Å². The Morgan fingerprint density at radius 3 is 2.72 bits per heavy atom. The molecule has 2 heterocycles. The molecule has 3 rings (SSSR count). The van der Waals surface area contributed by atoms with Gasteiger partial charge in [-0.3, -0.25) is 9.80 Å². The van der Waals surface area contributed by atoms with Gasteiger partial charge in [0.15, 0.2) is 0 Å². The van der Waals surface area contributed by atoms with Crippen LogP contribution in [-0.2, 0) is 0 Å². The van der Waals surface area contributed by atoms with Crippen molar-refractivity contribution in [2.45, 2.75) is 31.7 Å². The third-order valence-electron chi connectivity index (χ3n) is 5.70. The molecular weight excluding hydrogens is 312 g/mol. The third kappa shape index (κ3) is 5.06. The van der Waals surface area contributed by atoms with Crippen LogP contribution in [0.3, 0.4) is 0 Å². The standard InChI is InChI=1S/C21H32N2O2/c1-25-21-9-3-2-6-19(21)7-4-12-22-13-5-8-20(16-22)23-14-10-18(17-24)11-15-23/h2-4,6-7,9,18,20,24H,5,8,10-17H2,1H3. The van der Waals surface area contributed by atoms with Crippen LogP contribution in [0.4, 0.5) is 0 Å². The normalized spacial score (nSPS) is 24.0. The molecule has 1 aromatic carbocycles. The van der Waals surface area contributed by atoms with Gasteiger partial charge in [0.1, 0.15) is 5.75 Å². The van der Waals surface area contributed by atoms with Crippen LogP contribution in [0.5, 0.6) is 5.75 Å². The first kappa shape index (κ1) is 18.4. The molecule has 0 bridgehead atoms. The van der Waals surface area contributed by atoms with Gasteiger partial charge in [-0.05, 0) is 57.3 Å². The summed E-state index contributed by atoms with van der Waals surface area (Å²) in [5.74, 6) is 1.46. The molecule has 1 atom stereocenters. The number of methoxy groups -OCH3 is 1. The molecule has 25 heavy (non-hydrogen) atoms. The number of benzene rings is 1. The van der Waals surface area contributed by atoms with Crippen molar-refractivity contribution in [3.05, 3.63) is 35.9 Å². The second-order valence-corrected chi connectivity index (χ2v) is 7.36. The number of nitrogens with zero attached hydrogens (tertiary/aromatic N) is 2. The predicted molar refractivity (Wildman–Crippen MR) is 103 cm³/mol. The summed E-state index contributed by atoms with van der Waals surface area (Å²) in [6, 6.07) is 8.85. The Morgan fingerprint density at radius 2 is 1.96 bits per heavy atom. The highest BCUT2D eigenvalue weighted by molar-refractivity contribution is 5.57. The molecule has 0 aromatic heterocycles. The fourth-order valence-electron chi connectivity index (χ4n) is 4.13. The molecule has 1 aromatic rings. The Balaban J connectivity index is 1.49. The minimum Gasteiger partial charge on any atom is -0.496 e. The summed E-state index contributed by atoms with van der Waals surface area (Å²) in [4.78, 5) is 5.22. The molecule has 2 aliphatic rings. The van der Waals surface area contributed by atoms with Crippen LogP contribution in [0.15, 0.2) is 30.3 Å². The van der Waals surface area contributed by atoms with Gasteiger partial charge in [0.2, 0.25) is 0 Å². The van der Waals surface area contributed by atoms with Crippen LogP contribution in [0.25, 0.3) is 6.08 Å². The number of aliphatic hydroxyl groups is 1. The van der Waals surface area contributed by atoms with Crippen LogP contribution in [0.1, 0.15) is 31.2 Å². The zero-order valence-corrected chi connectivity index (χ0v) is 15.4. The molecular formula is C21H32N2O2. The van der Waals surface area contributed by atoms with E-state index >= 15 is 0 Å². The maximum Gasteiger partial charge on any atom is 0.126 e. The summed E-state index contributed by atoms with van der Waals surface area (Å²) in [6.07, 6.45) is 9.35. The van der Waals surface area contributed by atoms with Gasteiger partial charge in [-0.15, -0.1) is 0 Å². The maximum atomic E-state index is 9.31. The Hall–Kier alpha value is -1.36. The largest absolute Gasteiger partial charge is 0.496 e. The van der Waals surface area contributed by atoms with Gasteiger partial charge in [-0.25, -0.2) is 0 Å². The van der Waals surface area contributed by atoms with E-state index in [-0.39, 0.29) is 0 Å². The van der Waals surface area contributed by atoms with Gasteiger partial charge in [-0.2, -0.15) is 0 Å². The molecule has 0 saturated carbocycles. The lowest BCUT2D eigenvalue weighted by Crippen LogP contribution is -2.50. The lowest BCUT2D eigenvalue weighted by molar-refractivity contribution is 0.0603. The lowest BCUT2D eigenvalue weighted by atomic mass is 9.94. The third-order valence-corrected chi connectivity index (χ3v) is 5.70. The summed E-state index contributed by atoms with van der Waals surface area (Å²) < 4.78 is 5.41. The second-order valence-electron chi connectivity index (χ2n) is 7.36. The predicted octanol–water partition coefficient (Wildman–Crippen LogP) is 2.88. The number of para-hydroxylation sites is 1. The van der Waals surface area contributed by atoms with Crippen LogP contribution < -0.4 is 4.74 Å². The molecule has 4 heteroatoms. The van der Waals surface area contributed by atoms with Gasteiger partial charge >= 0.3 is 0 Å². The van der Waals surface area contributed by atoms with Gasteiger partial charge in [0.05, 0.1) is 7.11 Å². The fourth-order valence-corrected chi connectivity index (χ4v) is 4.13. The number of piperidine rings is 2. The van der Waals surface area contributed by atoms with E-state index in [1.807, 2.05) is 12.1 Å². The van der Waals surface area contributed by atoms with Crippen molar-refractivity contribution < 1.29 is 9.84 Å². The number of aliphatic hydroxyl groups excluding tert-OH is 1. The van der Waals surface area contributed by atoms with Gasteiger partial charge in [0, 0.05) is 31.3 Å². The van der Waals surface area contributed by atoms with Crippen molar-refractivity contribution in [2.24, 2.45) is 5.92 Å². The highest BCUT2D eigenvalue weighted by Gasteiger charge is 2.28. The summed E-state index contributed by atoms with van der Waals surface area (Å²) in [5.41, 5.74) is 1.14. The minimum absolute atomic E-state index is 0.359. The first-order valence-electron chi connectivity index (χ1n) is 9.67. The average molecular weight is 344 g/mol. The van der Waals surface area contributed by atoms with E-state index in [2.05, 4.69) is 34.1 Å². The highest BCUT2D eigenvalue weighted by Crippen LogP contribution is 2.23. The SMILES string of the molecule is COc1ccccc1C=CCN1CCCC(N2CCC(CO)CC2)C1. The second kappa shape index (κ2) is 9.37. The first-order valence-corrected chi connectivity index (χ1v) is 9.67. The smallest absolute Gasteiger partial charge is 0.126 e. The molecule has 0 spiro atoms. The summed E-state index contributed by atoms with van der Waals surface area (Å²) >= 11 is 0.